The molecule has 0 aromatic rings. The molecule has 1 aliphatic rings. The zero-order valence-corrected chi connectivity index (χ0v) is 10.9. The number of unbranched alkanes of at least 4 members (excludes halogenated alkanes) is 4. The molecule has 1 saturated heterocycles. The van der Waals surface area contributed by atoms with Gasteiger partial charge in [-0.15, -0.1) is 0 Å². The van der Waals surface area contributed by atoms with E-state index >= 15 is 0 Å². The Labute approximate surface area is 100 Å². The third-order valence-corrected chi connectivity index (χ3v) is 3.30. The maximum absolute atomic E-state index is 11.4. The predicted molar refractivity (Wildman–Crippen MR) is 64.6 cm³/mol. The van der Waals surface area contributed by atoms with Crippen LogP contribution >= 0.6 is 15.9 Å². The van der Waals surface area contributed by atoms with E-state index in [2.05, 4.69) is 22.9 Å². The summed E-state index contributed by atoms with van der Waals surface area (Å²) in [5, 5.41) is 0. The van der Waals surface area contributed by atoms with E-state index in [0.29, 0.717) is 0 Å². The molecule has 1 fully saturated rings. The molecular weight excluding hydrogens is 256 g/mol. The molecule has 1 rings (SSSR count). The first-order valence-corrected chi connectivity index (χ1v) is 6.70. The van der Waals surface area contributed by atoms with Gasteiger partial charge in [0.1, 0.15) is 5.76 Å². The number of hydrogen-bond acceptors (Lipinski definition) is 2. The highest BCUT2D eigenvalue weighted by Crippen LogP contribution is 2.29. The van der Waals surface area contributed by atoms with Gasteiger partial charge in [0.2, 0.25) is 0 Å². The lowest BCUT2D eigenvalue weighted by atomic mass is 9.99. The first kappa shape index (κ1) is 12.8. The van der Waals surface area contributed by atoms with Crippen LogP contribution in [-0.2, 0) is 9.53 Å². The van der Waals surface area contributed by atoms with Crippen molar-refractivity contribution in [1.82, 2.24) is 0 Å². The summed E-state index contributed by atoms with van der Waals surface area (Å²) in [5.74, 6) is 0.838. The molecule has 0 aromatic carbocycles. The minimum atomic E-state index is -0.0452. The second-order valence-corrected chi connectivity index (χ2v) is 4.56. The lowest BCUT2D eigenvalue weighted by Gasteiger charge is -2.03. The van der Waals surface area contributed by atoms with Crippen LogP contribution in [0.3, 0.4) is 0 Å². The zero-order chi connectivity index (χ0) is 11.1. The first-order chi connectivity index (χ1) is 7.27. The van der Waals surface area contributed by atoms with E-state index in [0.717, 1.165) is 25.0 Å². The normalized spacial score (nSPS) is 23.5. The van der Waals surface area contributed by atoms with Crippen LogP contribution in [0.15, 0.2) is 10.7 Å². The van der Waals surface area contributed by atoms with Crippen molar-refractivity contribution in [3.8, 4) is 0 Å². The van der Waals surface area contributed by atoms with Crippen molar-refractivity contribution in [2.75, 3.05) is 0 Å². The van der Waals surface area contributed by atoms with Crippen LogP contribution in [0.25, 0.3) is 0 Å². The molecule has 15 heavy (non-hydrogen) atoms. The zero-order valence-electron chi connectivity index (χ0n) is 9.30. The molecule has 1 aliphatic heterocycles. The van der Waals surface area contributed by atoms with Crippen LogP contribution < -0.4 is 0 Å². The van der Waals surface area contributed by atoms with Crippen molar-refractivity contribution in [2.45, 2.75) is 51.9 Å². The third-order valence-electron chi connectivity index (χ3n) is 2.79. The van der Waals surface area contributed by atoms with Crippen LogP contribution in [-0.4, -0.2) is 5.97 Å². The minimum Gasteiger partial charge on any atom is -0.430 e. The summed E-state index contributed by atoms with van der Waals surface area (Å²) in [7, 11) is 0. The highest BCUT2D eigenvalue weighted by molar-refractivity contribution is 9.11. The summed E-state index contributed by atoms with van der Waals surface area (Å²) in [6.45, 7) is 2.21. The monoisotopic (exact) mass is 274 g/mol. The van der Waals surface area contributed by atoms with Gasteiger partial charge in [-0.2, -0.15) is 0 Å². The van der Waals surface area contributed by atoms with Crippen LogP contribution in [0.1, 0.15) is 51.9 Å². The Hall–Kier alpha value is -0.310. The maximum atomic E-state index is 11.4. The van der Waals surface area contributed by atoms with Gasteiger partial charge in [-0.3, -0.25) is 4.79 Å². The summed E-state index contributed by atoms with van der Waals surface area (Å²) in [6, 6.07) is 0. The van der Waals surface area contributed by atoms with Gasteiger partial charge in [0.05, 0.1) is 5.92 Å². The van der Waals surface area contributed by atoms with Crippen molar-refractivity contribution in [3.63, 3.8) is 0 Å². The highest BCUT2D eigenvalue weighted by Gasteiger charge is 2.29. The average Bonchev–Trinajstić information content (AvgIpc) is 2.59. The minimum absolute atomic E-state index is 0.0452. The average molecular weight is 275 g/mol. The highest BCUT2D eigenvalue weighted by atomic mass is 79.9. The summed E-state index contributed by atoms with van der Waals surface area (Å²) in [4.78, 5) is 13.1. The molecule has 0 aromatic heterocycles. The number of hydrogen-bond donors (Lipinski definition) is 0. The topological polar surface area (TPSA) is 26.3 Å². The van der Waals surface area contributed by atoms with E-state index in [9.17, 15) is 4.79 Å². The first-order valence-electron chi connectivity index (χ1n) is 5.79. The van der Waals surface area contributed by atoms with Crippen LogP contribution in [0, 0.1) is 5.92 Å². The van der Waals surface area contributed by atoms with E-state index in [-0.39, 0.29) is 11.9 Å². The van der Waals surface area contributed by atoms with Gasteiger partial charge in [0.15, 0.2) is 0 Å². The Balaban J connectivity index is 2.14. The Morgan fingerprint density at radius 3 is 2.73 bits per heavy atom. The summed E-state index contributed by atoms with van der Waals surface area (Å²) < 4.78 is 5.08. The second-order valence-electron chi connectivity index (χ2n) is 4.10. The van der Waals surface area contributed by atoms with Gasteiger partial charge in [-0.05, 0) is 6.42 Å². The fourth-order valence-corrected chi connectivity index (χ4v) is 2.14. The number of cyclic esters (lactones) is 1. The number of carbonyl (C=O) groups excluding carboxylic acids is 1. The molecule has 0 spiro atoms. The molecule has 86 valence electrons. The number of esters is 1. The lowest BCUT2D eigenvalue weighted by molar-refractivity contribution is -0.139. The molecule has 2 nitrogen and oxygen atoms in total. The number of rotatable bonds is 6. The van der Waals surface area contributed by atoms with E-state index in [1.54, 1.807) is 4.99 Å². The Kier molecular flexibility index (Phi) is 5.99. The lowest BCUT2D eigenvalue weighted by Crippen LogP contribution is -2.06. The number of ether oxygens (including phenoxy) is 1. The van der Waals surface area contributed by atoms with Gasteiger partial charge in [0.25, 0.3) is 0 Å². The second kappa shape index (κ2) is 7.04. The molecule has 1 heterocycles. The molecule has 0 bridgehead atoms. The van der Waals surface area contributed by atoms with E-state index < -0.39 is 0 Å². The molecule has 0 saturated carbocycles. The summed E-state index contributed by atoms with van der Waals surface area (Å²) in [5.41, 5.74) is 0. The summed E-state index contributed by atoms with van der Waals surface area (Å²) >= 11 is 3.19. The molecular formula is C12H19BrO2. The quantitative estimate of drug-likeness (QED) is 0.537. The number of halogens is 1. The van der Waals surface area contributed by atoms with Crippen LogP contribution in [0.2, 0.25) is 0 Å². The largest absolute Gasteiger partial charge is 0.430 e. The molecule has 1 unspecified atom stereocenters. The summed E-state index contributed by atoms with van der Waals surface area (Å²) in [6.07, 6.45) is 8.01. The van der Waals surface area contributed by atoms with Crippen molar-refractivity contribution in [3.05, 3.63) is 10.7 Å². The van der Waals surface area contributed by atoms with Gasteiger partial charge < -0.3 is 4.74 Å². The maximum Gasteiger partial charge on any atom is 0.314 e. The molecule has 1 atom stereocenters. The molecule has 0 aliphatic carbocycles. The Morgan fingerprint density at radius 2 is 2.13 bits per heavy atom. The Bertz CT molecular complexity index is 236. The Morgan fingerprint density at radius 1 is 1.40 bits per heavy atom. The van der Waals surface area contributed by atoms with Gasteiger partial charge >= 0.3 is 5.97 Å². The van der Waals surface area contributed by atoms with Crippen LogP contribution in [0.5, 0.6) is 0 Å². The number of carbonyl (C=O) groups is 1. The fourth-order valence-electron chi connectivity index (χ4n) is 1.86. The van der Waals surface area contributed by atoms with Crippen molar-refractivity contribution in [1.29, 1.82) is 0 Å². The SMILES string of the molecule is CCCCCCCC1C/C(=C\Br)OC1=O. The fraction of sp³-hybridized carbons (Fsp3) is 0.750. The molecule has 0 radical (unpaired) electrons. The molecule has 0 N–H and O–H groups in total. The van der Waals surface area contributed by atoms with Gasteiger partial charge in [-0.1, -0.05) is 55.0 Å². The predicted octanol–water partition coefficient (Wildman–Crippen LogP) is 4.15. The van der Waals surface area contributed by atoms with Crippen LogP contribution in [0.4, 0.5) is 0 Å². The van der Waals surface area contributed by atoms with E-state index in [4.69, 9.17) is 4.74 Å². The molecule has 3 heteroatoms. The van der Waals surface area contributed by atoms with E-state index in [1.165, 1.54) is 25.7 Å². The number of allylic oxidation sites excluding steroid dienone is 1. The third kappa shape index (κ3) is 4.37. The van der Waals surface area contributed by atoms with Gasteiger partial charge in [0, 0.05) is 11.4 Å². The molecule has 0 amide bonds. The smallest absolute Gasteiger partial charge is 0.314 e. The van der Waals surface area contributed by atoms with Crippen molar-refractivity contribution >= 4 is 21.9 Å². The van der Waals surface area contributed by atoms with Crippen molar-refractivity contribution < 1.29 is 9.53 Å². The van der Waals surface area contributed by atoms with Crippen molar-refractivity contribution in [2.24, 2.45) is 5.92 Å². The van der Waals surface area contributed by atoms with Gasteiger partial charge in [-0.25, -0.2) is 0 Å². The standard InChI is InChI=1S/C12H19BrO2/c1-2-3-4-5-6-7-10-8-11(9-13)15-12(10)14/h9-10H,2-8H2,1H3/b11-9+. The van der Waals surface area contributed by atoms with E-state index in [1.807, 2.05) is 0 Å².